The fraction of sp³-hybridized carbons (Fsp3) is 0.462. The van der Waals surface area contributed by atoms with Gasteiger partial charge in [0.05, 0.1) is 11.6 Å². The van der Waals surface area contributed by atoms with Gasteiger partial charge >= 0.3 is 0 Å². The third-order valence-electron chi connectivity index (χ3n) is 2.81. The van der Waals surface area contributed by atoms with E-state index in [2.05, 4.69) is 19.9 Å². The first-order chi connectivity index (χ1) is 7.34. The van der Waals surface area contributed by atoms with E-state index in [9.17, 15) is 0 Å². The highest BCUT2D eigenvalue weighted by molar-refractivity contribution is 7.80. The van der Waals surface area contributed by atoms with Gasteiger partial charge in [-0.1, -0.05) is 38.2 Å². The molecule has 0 aromatic heterocycles. The Bertz CT molecular complexity index is 399. The molecule has 0 spiro atoms. The summed E-state index contributed by atoms with van der Waals surface area (Å²) in [7, 11) is 0. The molecule has 2 nitrogen and oxygen atoms in total. The molecule has 0 saturated heterocycles. The minimum absolute atomic E-state index is 0.272. The fourth-order valence-electron chi connectivity index (χ4n) is 1.21. The Labute approximate surface area is 103 Å². The zero-order chi connectivity index (χ0) is 12.3. The molecule has 2 N–H and O–H groups in total. The summed E-state index contributed by atoms with van der Waals surface area (Å²) in [5, 5.41) is 0. The summed E-state index contributed by atoms with van der Waals surface area (Å²) in [6, 6.07) is 6.03. The van der Waals surface area contributed by atoms with Crippen LogP contribution in [0, 0.1) is 19.3 Å². The second-order valence-corrected chi connectivity index (χ2v) is 5.17. The zero-order valence-electron chi connectivity index (χ0n) is 10.3. The van der Waals surface area contributed by atoms with Crippen LogP contribution in [0.1, 0.15) is 25.0 Å². The van der Waals surface area contributed by atoms with E-state index in [0.29, 0.717) is 11.6 Å². The second-order valence-electron chi connectivity index (χ2n) is 4.73. The highest BCUT2D eigenvalue weighted by Crippen LogP contribution is 2.23. The predicted octanol–water partition coefficient (Wildman–Crippen LogP) is 2.99. The summed E-state index contributed by atoms with van der Waals surface area (Å²) in [5.41, 5.74) is 7.78. The standard InChI is InChI=1S/C13H19NOS/c1-9-6-5-7-11(10(9)2)15-8-13(3,4)12(14)16/h5-7H,8H2,1-4H3,(H2,14,16). The van der Waals surface area contributed by atoms with E-state index in [1.54, 1.807) is 0 Å². The van der Waals surface area contributed by atoms with E-state index in [1.165, 1.54) is 11.1 Å². The van der Waals surface area contributed by atoms with Crippen molar-refractivity contribution < 1.29 is 4.74 Å². The van der Waals surface area contributed by atoms with E-state index in [-0.39, 0.29) is 5.41 Å². The number of rotatable bonds is 4. The van der Waals surface area contributed by atoms with Crippen molar-refractivity contribution in [1.29, 1.82) is 0 Å². The van der Waals surface area contributed by atoms with Crippen molar-refractivity contribution in [3.05, 3.63) is 29.3 Å². The molecule has 0 aliphatic carbocycles. The number of hydrogen-bond acceptors (Lipinski definition) is 2. The Morgan fingerprint density at radius 2 is 2.00 bits per heavy atom. The van der Waals surface area contributed by atoms with Gasteiger partial charge in [0.15, 0.2) is 0 Å². The summed E-state index contributed by atoms with van der Waals surface area (Å²) < 4.78 is 5.78. The van der Waals surface area contributed by atoms with Crippen LogP contribution in [0.4, 0.5) is 0 Å². The van der Waals surface area contributed by atoms with Gasteiger partial charge < -0.3 is 10.5 Å². The molecule has 0 unspecified atom stereocenters. The smallest absolute Gasteiger partial charge is 0.122 e. The average Bonchev–Trinajstić information content (AvgIpc) is 2.20. The molecule has 0 heterocycles. The fourth-order valence-corrected chi connectivity index (χ4v) is 1.27. The van der Waals surface area contributed by atoms with Crippen LogP contribution < -0.4 is 10.5 Å². The van der Waals surface area contributed by atoms with Crippen molar-refractivity contribution in [2.75, 3.05) is 6.61 Å². The Balaban J connectivity index is 2.76. The van der Waals surface area contributed by atoms with E-state index >= 15 is 0 Å². The maximum atomic E-state index is 5.78. The highest BCUT2D eigenvalue weighted by atomic mass is 32.1. The Kier molecular flexibility index (Phi) is 3.92. The molecule has 0 fully saturated rings. The summed E-state index contributed by atoms with van der Waals surface area (Å²) in [4.78, 5) is 0.484. The maximum absolute atomic E-state index is 5.78. The van der Waals surface area contributed by atoms with E-state index in [1.807, 2.05) is 26.0 Å². The van der Waals surface area contributed by atoms with Crippen LogP contribution in [0.15, 0.2) is 18.2 Å². The number of ether oxygens (including phenoxy) is 1. The zero-order valence-corrected chi connectivity index (χ0v) is 11.1. The van der Waals surface area contributed by atoms with Gasteiger partial charge in [0.2, 0.25) is 0 Å². The number of thiocarbonyl (C=S) groups is 1. The molecule has 1 aromatic rings. The molecule has 0 saturated carbocycles. The van der Waals surface area contributed by atoms with Crippen LogP contribution in [0.3, 0.4) is 0 Å². The predicted molar refractivity (Wildman–Crippen MR) is 72.0 cm³/mol. The summed E-state index contributed by atoms with van der Waals surface area (Å²) in [6.45, 7) is 8.60. The van der Waals surface area contributed by atoms with Crippen LogP contribution in [0.2, 0.25) is 0 Å². The molecule has 1 aromatic carbocycles. The molecule has 0 radical (unpaired) electrons. The summed E-state index contributed by atoms with van der Waals surface area (Å²) in [6.07, 6.45) is 0. The Morgan fingerprint density at radius 1 is 1.38 bits per heavy atom. The van der Waals surface area contributed by atoms with Crippen molar-refractivity contribution in [3.63, 3.8) is 0 Å². The first kappa shape index (κ1) is 13.0. The van der Waals surface area contributed by atoms with Crippen molar-refractivity contribution in [1.82, 2.24) is 0 Å². The van der Waals surface area contributed by atoms with Gasteiger partial charge in [0, 0.05) is 5.41 Å². The van der Waals surface area contributed by atoms with Crippen LogP contribution in [0.5, 0.6) is 5.75 Å². The first-order valence-corrected chi connectivity index (χ1v) is 5.74. The van der Waals surface area contributed by atoms with Crippen molar-refractivity contribution >= 4 is 17.2 Å². The molecule has 0 atom stereocenters. The topological polar surface area (TPSA) is 35.2 Å². The van der Waals surface area contributed by atoms with Gasteiger partial charge in [-0.05, 0) is 31.0 Å². The van der Waals surface area contributed by atoms with Crippen LogP contribution in [-0.4, -0.2) is 11.6 Å². The normalized spacial score (nSPS) is 11.2. The monoisotopic (exact) mass is 237 g/mol. The molecule has 0 aliphatic heterocycles. The van der Waals surface area contributed by atoms with Crippen LogP contribution in [0.25, 0.3) is 0 Å². The van der Waals surface area contributed by atoms with Gasteiger partial charge in [0.1, 0.15) is 5.75 Å². The third kappa shape index (κ3) is 2.95. The van der Waals surface area contributed by atoms with Gasteiger partial charge in [0.25, 0.3) is 0 Å². The van der Waals surface area contributed by atoms with E-state index < -0.39 is 0 Å². The van der Waals surface area contributed by atoms with Crippen LogP contribution >= 0.6 is 12.2 Å². The third-order valence-corrected chi connectivity index (χ3v) is 3.36. The van der Waals surface area contributed by atoms with Gasteiger partial charge in [-0.15, -0.1) is 0 Å². The Hall–Kier alpha value is -1.09. The lowest BCUT2D eigenvalue weighted by molar-refractivity contribution is 0.235. The average molecular weight is 237 g/mol. The summed E-state index contributed by atoms with van der Waals surface area (Å²) >= 11 is 5.00. The number of aryl methyl sites for hydroxylation is 1. The van der Waals surface area contributed by atoms with Crippen molar-refractivity contribution in [2.45, 2.75) is 27.7 Å². The number of nitrogens with two attached hydrogens (primary N) is 1. The van der Waals surface area contributed by atoms with Crippen LogP contribution in [-0.2, 0) is 0 Å². The first-order valence-electron chi connectivity index (χ1n) is 5.33. The lowest BCUT2D eigenvalue weighted by Crippen LogP contribution is -2.35. The van der Waals surface area contributed by atoms with Gasteiger partial charge in [-0.3, -0.25) is 0 Å². The van der Waals surface area contributed by atoms with Crippen molar-refractivity contribution in [2.24, 2.45) is 11.1 Å². The molecule has 0 aliphatic rings. The van der Waals surface area contributed by atoms with E-state index in [0.717, 1.165) is 5.75 Å². The largest absolute Gasteiger partial charge is 0.492 e. The Morgan fingerprint density at radius 3 is 2.56 bits per heavy atom. The molecule has 16 heavy (non-hydrogen) atoms. The minimum Gasteiger partial charge on any atom is -0.492 e. The lowest BCUT2D eigenvalue weighted by atomic mass is 9.95. The second kappa shape index (κ2) is 4.83. The quantitative estimate of drug-likeness (QED) is 0.818. The molecule has 1 rings (SSSR count). The summed E-state index contributed by atoms with van der Waals surface area (Å²) in [5.74, 6) is 0.907. The van der Waals surface area contributed by atoms with E-state index in [4.69, 9.17) is 22.7 Å². The molecule has 88 valence electrons. The molecular formula is C13H19NOS. The van der Waals surface area contributed by atoms with Gasteiger partial charge in [-0.25, -0.2) is 0 Å². The SMILES string of the molecule is Cc1cccc(OCC(C)(C)C(N)=S)c1C. The van der Waals surface area contributed by atoms with Crippen molar-refractivity contribution in [3.8, 4) is 5.75 Å². The maximum Gasteiger partial charge on any atom is 0.122 e. The molecular weight excluding hydrogens is 218 g/mol. The lowest BCUT2D eigenvalue weighted by Gasteiger charge is -2.24. The molecule has 0 amide bonds. The number of benzene rings is 1. The molecule has 3 heteroatoms. The molecule has 0 bridgehead atoms. The minimum atomic E-state index is -0.272. The van der Waals surface area contributed by atoms with Gasteiger partial charge in [-0.2, -0.15) is 0 Å². The number of hydrogen-bond donors (Lipinski definition) is 1. The highest BCUT2D eigenvalue weighted by Gasteiger charge is 2.22.